The first kappa shape index (κ1) is 21.7. The highest BCUT2D eigenvalue weighted by atomic mass is 16.4. The van der Waals surface area contributed by atoms with Crippen molar-refractivity contribution in [3.63, 3.8) is 0 Å². The quantitative estimate of drug-likeness (QED) is 0.308. The van der Waals surface area contributed by atoms with Crippen LogP contribution in [-0.4, -0.2) is 21.8 Å². The number of rotatable bonds is 14. The van der Waals surface area contributed by atoms with Gasteiger partial charge in [0.15, 0.2) is 0 Å². The number of carbonyl (C=O) groups is 1. The van der Waals surface area contributed by atoms with Crippen molar-refractivity contribution in [3.05, 3.63) is 36.5 Å². The Labute approximate surface area is 153 Å². The molecule has 0 heterocycles. The lowest BCUT2D eigenvalue weighted by Crippen LogP contribution is -2.38. The van der Waals surface area contributed by atoms with Crippen LogP contribution in [-0.2, 0) is 4.79 Å². The lowest BCUT2D eigenvalue weighted by atomic mass is 9.83. The average Bonchev–Trinajstić information content (AvgIpc) is 2.59. The smallest absolute Gasteiger partial charge is 0.314 e. The molecule has 0 aromatic carbocycles. The van der Waals surface area contributed by atoms with Gasteiger partial charge in [-0.25, -0.2) is 0 Å². The lowest BCUT2D eigenvalue weighted by molar-refractivity contribution is -0.144. The second kappa shape index (κ2) is 12.9. The van der Waals surface area contributed by atoms with Gasteiger partial charge in [0.1, 0.15) is 11.5 Å². The molecule has 0 amide bonds. The van der Waals surface area contributed by atoms with Crippen molar-refractivity contribution in [1.29, 1.82) is 0 Å². The van der Waals surface area contributed by atoms with Gasteiger partial charge < -0.3 is 10.2 Å². The Balaban J connectivity index is 2.05. The van der Waals surface area contributed by atoms with Crippen molar-refractivity contribution < 1.29 is 15.0 Å². The van der Waals surface area contributed by atoms with Gasteiger partial charge in [-0.15, -0.1) is 0 Å². The second-order valence-corrected chi connectivity index (χ2v) is 7.17. The van der Waals surface area contributed by atoms with E-state index in [1.165, 1.54) is 70.3 Å². The SMILES string of the molecule is CCCCCCCCCCCCCC=CC1(O)C=CC=CC1C(=O)O. The summed E-state index contributed by atoms with van der Waals surface area (Å²) in [6, 6.07) is 0. The molecule has 0 aliphatic heterocycles. The van der Waals surface area contributed by atoms with Crippen molar-refractivity contribution in [2.45, 2.75) is 89.6 Å². The number of unbranched alkanes of at least 4 members (excludes halogenated alkanes) is 11. The molecule has 2 atom stereocenters. The Morgan fingerprint density at radius 1 is 0.960 bits per heavy atom. The summed E-state index contributed by atoms with van der Waals surface area (Å²) in [5, 5.41) is 19.7. The first-order chi connectivity index (χ1) is 12.1. The Morgan fingerprint density at radius 3 is 2.08 bits per heavy atom. The summed E-state index contributed by atoms with van der Waals surface area (Å²) in [5.74, 6) is -1.89. The van der Waals surface area contributed by atoms with E-state index < -0.39 is 17.5 Å². The maximum absolute atomic E-state index is 11.2. The molecular weight excluding hydrogens is 312 g/mol. The molecule has 0 saturated heterocycles. The maximum atomic E-state index is 11.2. The lowest BCUT2D eigenvalue weighted by Gasteiger charge is -2.27. The van der Waals surface area contributed by atoms with E-state index in [1.807, 2.05) is 6.08 Å². The van der Waals surface area contributed by atoms with Crippen molar-refractivity contribution in [3.8, 4) is 0 Å². The zero-order valence-electron chi connectivity index (χ0n) is 15.8. The molecular formula is C22H36O3. The van der Waals surface area contributed by atoms with Crippen LogP contribution >= 0.6 is 0 Å². The summed E-state index contributed by atoms with van der Waals surface area (Å²) < 4.78 is 0. The van der Waals surface area contributed by atoms with Gasteiger partial charge in [-0.2, -0.15) is 0 Å². The molecule has 1 aliphatic rings. The first-order valence-electron chi connectivity index (χ1n) is 10.1. The molecule has 0 saturated carbocycles. The number of allylic oxidation sites excluding steroid dienone is 3. The maximum Gasteiger partial charge on any atom is 0.314 e. The predicted molar refractivity (Wildman–Crippen MR) is 105 cm³/mol. The number of carboxylic acids is 1. The van der Waals surface area contributed by atoms with Gasteiger partial charge >= 0.3 is 5.97 Å². The van der Waals surface area contributed by atoms with E-state index >= 15 is 0 Å². The van der Waals surface area contributed by atoms with Crippen LogP contribution < -0.4 is 0 Å². The van der Waals surface area contributed by atoms with E-state index in [0.717, 1.165) is 12.8 Å². The molecule has 0 radical (unpaired) electrons. The number of hydrogen-bond donors (Lipinski definition) is 2. The number of aliphatic carboxylic acids is 1. The number of aliphatic hydroxyl groups is 1. The summed E-state index contributed by atoms with van der Waals surface area (Å²) in [6.45, 7) is 2.25. The topological polar surface area (TPSA) is 57.5 Å². The Kier molecular flexibility index (Phi) is 11.2. The molecule has 0 aromatic heterocycles. The third-order valence-electron chi connectivity index (χ3n) is 4.90. The summed E-state index contributed by atoms with van der Waals surface area (Å²) in [7, 11) is 0. The fraction of sp³-hybridized carbons (Fsp3) is 0.682. The van der Waals surface area contributed by atoms with Crippen LogP contribution in [0.1, 0.15) is 84.0 Å². The Bertz CT molecular complexity index is 450. The standard InChI is InChI=1S/C22H36O3/c1-2-3-4-5-6-7-8-9-10-11-12-13-15-18-22(25)19-16-14-17-20(22)21(23)24/h14-20,25H,2-13H2,1H3,(H,23,24). The minimum atomic E-state index is -1.39. The molecule has 0 spiro atoms. The van der Waals surface area contributed by atoms with E-state index in [2.05, 4.69) is 6.92 Å². The molecule has 1 aliphatic carbocycles. The molecule has 142 valence electrons. The van der Waals surface area contributed by atoms with E-state index in [0.29, 0.717) is 0 Å². The largest absolute Gasteiger partial charge is 0.481 e. The fourth-order valence-electron chi connectivity index (χ4n) is 3.28. The van der Waals surface area contributed by atoms with Crippen LogP contribution in [0.15, 0.2) is 36.5 Å². The van der Waals surface area contributed by atoms with E-state index in [9.17, 15) is 15.0 Å². The van der Waals surface area contributed by atoms with Crippen molar-refractivity contribution in [2.24, 2.45) is 5.92 Å². The van der Waals surface area contributed by atoms with Gasteiger partial charge in [-0.1, -0.05) is 102 Å². The van der Waals surface area contributed by atoms with Crippen molar-refractivity contribution >= 4 is 5.97 Å². The average molecular weight is 349 g/mol. The van der Waals surface area contributed by atoms with Gasteiger partial charge in [0.05, 0.1) is 0 Å². The van der Waals surface area contributed by atoms with Crippen LogP contribution in [0.4, 0.5) is 0 Å². The third kappa shape index (κ3) is 9.06. The van der Waals surface area contributed by atoms with Gasteiger partial charge in [0, 0.05) is 0 Å². The van der Waals surface area contributed by atoms with Crippen LogP contribution in [0.5, 0.6) is 0 Å². The van der Waals surface area contributed by atoms with Gasteiger partial charge in [-0.05, 0) is 18.9 Å². The number of hydrogen-bond acceptors (Lipinski definition) is 2. The molecule has 0 fully saturated rings. The fourth-order valence-corrected chi connectivity index (χ4v) is 3.28. The van der Waals surface area contributed by atoms with Crippen LogP contribution in [0.2, 0.25) is 0 Å². The minimum absolute atomic E-state index is 0.892. The molecule has 0 bridgehead atoms. The van der Waals surface area contributed by atoms with Crippen molar-refractivity contribution in [2.75, 3.05) is 0 Å². The summed E-state index contributed by atoms with van der Waals surface area (Å²) >= 11 is 0. The normalized spacial score (nSPS) is 22.7. The third-order valence-corrected chi connectivity index (χ3v) is 4.90. The van der Waals surface area contributed by atoms with E-state index in [4.69, 9.17) is 0 Å². The van der Waals surface area contributed by atoms with Crippen LogP contribution in [0, 0.1) is 5.92 Å². The van der Waals surface area contributed by atoms with Gasteiger partial charge in [0.2, 0.25) is 0 Å². The highest BCUT2D eigenvalue weighted by Gasteiger charge is 2.36. The highest BCUT2D eigenvalue weighted by molar-refractivity contribution is 5.75. The Morgan fingerprint density at radius 2 is 1.52 bits per heavy atom. The summed E-state index contributed by atoms with van der Waals surface area (Å²) in [4.78, 5) is 11.2. The van der Waals surface area contributed by atoms with E-state index in [1.54, 1.807) is 24.3 Å². The summed E-state index contributed by atoms with van der Waals surface area (Å²) in [5.41, 5.74) is -1.39. The molecule has 2 N–H and O–H groups in total. The highest BCUT2D eigenvalue weighted by Crippen LogP contribution is 2.26. The molecule has 3 nitrogen and oxygen atoms in total. The van der Waals surface area contributed by atoms with Crippen molar-refractivity contribution in [1.82, 2.24) is 0 Å². The van der Waals surface area contributed by atoms with Gasteiger partial charge in [-0.3, -0.25) is 4.79 Å². The number of carboxylic acid groups (broad SMARTS) is 1. The van der Waals surface area contributed by atoms with E-state index in [-0.39, 0.29) is 0 Å². The summed E-state index contributed by atoms with van der Waals surface area (Å²) in [6.07, 6.45) is 25.4. The molecule has 3 heteroatoms. The first-order valence-corrected chi connectivity index (χ1v) is 10.1. The minimum Gasteiger partial charge on any atom is -0.481 e. The van der Waals surface area contributed by atoms with Gasteiger partial charge in [0.25, 0.3) is 0 Å². The predicted octanol–water partition coefficient (Wildman–Crippen LogP) is 5.80. The molecule has 1 rings (SSSR count). The van der Waals surface area contributed by atoms with Crippen LogP contribution in [0.3, 0.4) is 0 Å². The second-order valence-electron chi connectivity index (χ2n) is 7.17. The zero-order valence-corrected chi connectivity index (χ0v) is 15.8. The Hall–Kier alpha value is -1.35. The molecule has 0 aromatic rings. The van der Waals surface area contributed by atoms with Crippen LogP contribution in [0.25, 0.3) is 0 Å². The molecule has 25 heavy (non-hydrogen) atoms. The molecule has 2 unspecified atom stereocenters. The zero-order chi connectivity index (χ0) is 18.4. The monoisotopic (exact) mass is 348 g/mol.